The molecule has 0 aliphatic carbocycles. The summed E-state index contributed by atoms with van der Waals surface area (Å²) in [6.45, 7) is 7.68. The van der Waals surface area contributed by atoms with Gasteiger partial charge < -0.3 is 5.32 Å². The van der Waals surface area contributed by atoms with Crippen LogP contribution in [0.25, 0.3) is 0 Å². The van der Waals surface area contributed by atoms with Gasteiger partial charge in [0.2, 0.25) is 0 Å². The molecular weight excluding hydrogens is 276 g/mol. The fraction of sp³-hybridized carbons (Fsp3) is 0.846. The maximum absolute atomic E-state index is 4.40. The summed E-state index contributed by atoms with van der Waals surface area (Å²) in [7, 11) is 2.06. The highest BCUT2D eigenvalue weighted by atomic mass is 32.2. The topological polar surface area (TPSA) is 42.7 Å². The third-order valence-corrected chi connectivity index (χ3v) is 7.34. The van der Waals surface area contributed by atoms with Gasteiger partial charge >= 0.3 is 0 Å². The molecule has 1 aliphatic heterocycles. The van der Waals surface area contributed by atoms with Crippen molar-refractivity contribution in [2.24, 2.45) is 0 Å². The van der Waals surface area contributed by atoms with E-state index in [9.17, 15) is 0 Å². The van der Waals surface area contributed by atoms with Crippen LogP contribution in [0.15, 0.2) is 6.33 Å². The van der Waals surface area contributed by atoms with E-state index in [0.29, 0.717) is 11.3 Å². The molecule has 0 bridgehead atoms. The first-order valence-corrected chi connectivity index (χ1v) is 8.95. The van der Waals surface area contributed by atoms with Gasteiger partial charge in [0.1, 0.15) is 12.2 Å². The minimum absolute atomic E-state index is 0.474. The number of nitrogens with one attached hydrogen (secondary N) is 1. The fourth-order valence-corrected chi connectivity index (χ4v) is 5.51. The molecule has 4 nitrogen and oxygen atoms in total. The summed E-state index contributed by atoms with van der Waals surface area (Å²) < 4.78 is 2.00. The molecule has 19 heavy (non-hydrogen) atoms. The van der Waals surface area contributed by atoms with Gasteiger partial charge in [0, 0.05) is 40.5 Å². The summed E-state index contributed by atoms with van der Waals surface area (Å²) in [4.78, 5) is 4.40. The van der Waals surface area contributed by atoms with Crippen molar-refractivity contribution in [1.29, 1.82) is 0 Å². The second-order valence-corrected chi connectivity index (χ2v) is 8.04. The first-order valence-electron chi connectivity index (χ1n) is 6.96. The van der Waals surface area contributed by atoms with Crippen molar-refractivity contribution in [3.05, 3.63) is 12.2 Å². The van der Waals surface area contributed by atoms with Crippen molar-refractivity contribution in [3.63, 3.8) is 0 Å². The molecule has 1 saturated heterocycles. The Labute approximate surface area is 124 Å². The predicted octanol–water partition coefficient (Wildman–Crippen LogP) is 2.05. The Bertz CT molecular complexity index is 396. The molecule has 0 radical (unpaired) electrons. The van der Waals surface area contributed by atoms with Crippen molar-refractivity contribution in [2.45, 2.75) is 55.5 Å². The molecular formula is C13H24N4S2. The minimum atomic E-state index is 0.474. The number of likely N-dealkylation sites (N-methyl/N-ethyl adjacent to an activating group) is 1. The third kappa shape index (κ3) is 3.67. The summed E-state index contributed by atoms with van der Waals surface area (Å²) in [5.41, 5.74) is 0. The number of thioether (sulfide) groups is 2. The first-order chi connectivity index (χ1) is 9.15. The molecule has 6 heteroatoms. The highest BCUT2D eigenvalue weighted by Crippen LogP contribution is 2.37. The van der Waals surface area contributed by atoms with Crippen LogP contribution in [0.2, 0.25) is 0 Å². The van der Waals surface area contributed by atoms with E-state index < -0.39 is 0 Å². The minimum Gasteiger partial charge on any atom is -0.315 e. The molecule has 108 valence electrons. The van der Waals surface area contributed by atoms with Gasteiger partial charge in [-0.3, -0.25) is 4.68 Å². The second-order valence-electron chi connectivity index (χ2n) is 5.01. The van der Waals surface area contributed by atoms with Crippen LogP contribution in [-0.4, -0.2) is 49.4 Å². The Morgan fingerprint density at radius 3 is 2.89 bits per heavy atom. The average molecular weight is 300 g/mol. The highest BCUT2D eigenvalue weighted by Gasteiger charge is 2.31. The number of hydrogen-bond donors (Lipinski definition) is 1. The van der Waals surface area contributed by atoms with Crippen LogP contribution in [0.1, 0.15) is 26.6 Å². The van der Waals surface area contributed by atoms with Gasteiger partial charge in [-0.2, -0.15) is 28.6 Å². The van der Waals surface area contributed by atoms with Crippen LogP contribution >= 0.6 is 23.5 Å². The number of rotatable bonds is 5. The number of aromatic nitrogens is 3. The Morgan fingerprint density at radius 1 is 1.47 bits per heavy atom. The summed E-state index contributed by atoms with van der Waals surface area (Å²) >= 11 is 4.22. The molecule has 1 aromatic heterocycles. The molecule has 0 aromatic carbocycles. The van der Waals surface area contributed by atoms with Gasteiger partial charge in [0.25, 0.3) is 0 Å². The van der Waals surface area contributed by atoms with E-state index in [2.05, 4.69) is 66.7 Å². The largest absolute Gasteiger partial charge is 0.315 e. The Hall–Kier alpha value is -0.200. The van der Waals surface area contributed by atoms with Crippen molar-refractivity contribution >= 4 is 23.5 Å². The summed E-state index contributed by atoms with van der Waals surface area (Å²) in [5, 5.41) is 9.88. The van der Waals surface area contributed by atoms with E-state index >= 15 is 0 Å². The normalized spacial score (nSPS) is 29.4. The van der Waals surface area contributed by atoms with Crippen LogP contribution in [0.5, 0.6) is 0 Å². The third-order valence-electron chi connectivity index (χ3n) is 3.79. The predicted molar refractivity (Wildman–Crippen MR) is 85.0 cm³/mol. The second kappa shape index (κ2) is 6.99. The van der Waals surface area contributed by atoms with Gasteiger partial charge in [0.15, 0.2) is 0 Å². The van der Waals surface area contributed by atoms with Crippen LogP contribution in [0.4, 0.5) is 0 Å². The van der Waals surface area contributed by atoms with E-state index in [0.717, 1.165) is 29.3 Å². The molecule has 0 amide bonds. The van der Waals surface area contributed by atoms with E-state index in [-0.39, 0.29) is 0 Å². The molecule has 1 aliphatic rings. The summed E-state index contributed by atoms with van der Waals surface area (Å²) in [6.07, 6.45) is 2.63. The molecule has 1 aromatic rings. The lowest BCUT2D eigenvalue weighted by molar-refractivity contribution is 0.512. The molecule has 1 fully saturated rings. The Balaban J connectivity index is 2.00. The van der Waals surface area contributed by atoms with E-state index in [4.69, 9.17) is 0 Å². The number of nitrogens with zero attached hydrogens (tertiary/aromatic N) is 3. The summed E-state index contributed by atoms with van der Waals surface area (Å²) in [5.74, 6) is 2.32. The number of hydrogen-bond acceptors (Lipinski definition) is 5. The molecule has 2 heterocycles. The lowest BCUT2D eigenvalue weighted by Gasteiger charge is -2.35. The van der Waals surface area contributed by atoms with E-state index in [1.807, 2.05) is 4.68 Å². The molecule has 0 spiro atoms. The lowest BCUT2D eigenvalue weighted by atomic mass is 10.1. The lowest BCUT2D eigenvalue weighted by Crippen LogP contribution is -2.43. The molecule has 4 unspecified atom stereocenters. The Kier molecular flexibility index (Phi) is 5.59. The maximum Gasteiger partial charge on any atom is 0.138 e. The van der Waals surface area contributed by atoms with Crippen molar-refractivity contribution in [1.82, 2.24) is 20.1 Å². The van der Waals surface area contributed by atoms with Crippen molar-refractivity contribution < 1.29 is 0 Å². The van der Waals surface area contributed by atoms with Crippen LogP contribution in [0.3, 0.4) is 0 Å². The number of aryl methyl sites for hydroxylation is 1. The van der Waals surface area contributed by atoms with Gasteiger partial charge in [-0.15, -0.1) is 0 Å². The van der Waals surface area contributed by atoms with Crippen molar-refractivity contribution in [2.75, 3.05) is 12.8 Å². The average Bonchev–Trinajstić information content (AvgIpc) is 2.86. The van der Waals surface area contributed by atoms with Gasteiger partial charge in [0.05, 0.1) is 0 Å². The highest BCUT2D eigenvalue weighted by molar-refractivity contribution is 8.07. The van der Waals surface area contributed by atoms with Crippen LogP contribution in [-0.2, 0) is 13.0 Å². The zero-order valence-corrected chi connectivity index (χ0v) is 13.8. The van der Waals surface area contributed by atoms with E-state index in [1.54, 1.807) is 6.33 Å². The molecule has 4 atom stereocenters. The van der Waals surface area contributed by atoms with Gasteiger partial charge in [-0.1, -0.05) is 13.8 Å². The van der Waals surface area contributed by atoms with Gasteiger partial charge in [-0.05, 0) is 14.0 Å². The summed E-state index contributed by atoms with van der Waals surface area (Å²) in [6, 6.07) is 0.474. The zero-order chi connectivity index (χ0) is 13.8. The van der Waals surface area contributed by atoms with Crippen molar-refractivity contribution in [3.8, 4) is 0 Å². The molecule has 2 rings (SSSR count). The first kappa shape index (κ1) is 15.2. The smallest absolute Gasteiger partial charge is 0.138 e. The zero-order valence-electron chi connectivity index (χ0n) is 12.2. The standard InChI is InChI=1S/C13H24N4S2/c1-5-17-13(15-8-16-17)6-11(14-4)12-7-18-9(2)10(3)19-12/h8-12,14H,5-7H2,1-4H3. The van der Waals surface area contributed by atoms with E-state index in [1.165, 1.54) is 5.75 Å². The Morgan fingerprint density at radius 2 is 2.26 bits per heavy atom. The van der Waals surface area contributed by atoms with Crippen LogP contribution in [0, 0.1) is 0 Å². The molecule has 0 saturated carbocycles. The SMILES string of the molecule is CCn1ncnc1CC(NC)C1CSC(C)C(C)S1. The van der Waals surface area contributed by atoms with Gasteiger partial charge in [-0.25, -0.2) is 4.98 Å². The fourth-order valence-electron chi connectivity index (χ4n) is 2.35. The monoisotopic (exact) mass is 300 g/mol. The maximum atomic E-state index is 4.40. The van der Waals surface area contributed by atoms with Crippen LogP contribution < -0.4 is 5.32 Å². The quantitative estimate of drug-likeness (QED) is 0.901. The molecule has 1 N–H and O–H groups in total.